The van der Waals surface area contributed by atoms with Crippen LogP contribution >= 0.6 is 0 Å². The fraction of sp³-hybridized carbons (Fsp3) is 0.400. The number of nitrogens with zero attached hydrogens (tertiary/aromatic N) is 1. The van der Waals surface area contributed by atoms with E-state index in [-0.39, 0.29) is 18.5 Å². The zero-order chi connectivity index (χ0) is 18.0. The van der Waals surface area contributed by atoms with Crippen LogP contribution in [0, 0.1) is 0 Å². The molecule has 1 atom stereocenters. The van der Waals surface area contributed by atoms with Crippen LogP contribution in [0.4, 0.5) is 0 Å². The first-order chi connectivity index (χ1) is 12.6. The molecule has 1 fully saturated rings. The van der Waals surface area contributed by atoms with Gasteiger partial charge in [0, 0.05) is 13.1 Å². The predicted molar refractivity (Wildman–Crippen MR) is 100 cm³/mol. The summed E-state index contributed by atoms with van der Waals surface area (Å²) in [6.45, 7) is 1.39. The Morgan fingerprint density at radius 3 is 2.69 bits per heavy atom. The molecule has 2 aromatic rings. The summed E-state index contributed by atoms with van der Waals surface area (Å²) < 4.78 is 37.8. The zero-order valence-electron chi connectivity index (χ0n) is 14.6. The molecule has 1 unspecified atom stereocenters. The lowest BCUT2D eigenvalue weighted by molar-refractivity contribution is 0.174. The van der Waals surface area contributed by atoms with E-state index in [0.29, 0.717) is 19.5 Å². The Labute approximate surface area is 154 Å². The van der Waals surface area contributed by atoms with Crippen molar-refractivity contribution in [1.29, 1.82) is 0 Å². The molecule has 6 heteroatoms. The maximum atomic E-state index is 12.7. The molecule has 0 bridgehead atoms. The monoisotopic (exact) mass is 373 g/mol. The van der Waals surface area contributed by atoms with Crippen molar-refractivity contribution in [3.63, 3.8) is 0 Å². The standard InChI is InChI=1S/C20H23NO4S/c22-26(23,12-4-7-16-5-2-1-3-6-16)21-11-10-18(14-21)17-8-9-19-20(13-17)25-15-24-19/h1-3,5-6,8-9,13,18H,4,7,10-12,14-15H2. The summed E-state index contributed by atoms with van der Waals surface area (Å²) in [4.78, 5) is 0. The molecule has 5 nitrogen and oxygen atoms in total. The van der Waals surface area contributed by atoms with Crippen molar-refractivity contribution in [2.24, 2.45) is 0 Å². The average Bonchev–Trinajstić information content (AvgIpc) is 3.31. The van der Waals surface area contributed by atoms with Crippen LogP contribution in [0.2, 0.25) is 0 Å². The Morgan fingerprint density at radius 2 is 1.85 bits per heavy atom. The predicted octanol–water partition coefficient (Wildman–Crippen LogP) is 3.17. The van der Waals surface area contributed by atoms with Crippen molar-refractivity contribution in [2.45, 2.75) is 25.2 Å². The van der Waals surface area contributed by atoms with Gasteiger partial charge in [0.05, 0.1) is 5.75 Å². The first-order valence-electron chi connectivity index (χ1n) is 9.03. The number of fused-ring (bicyclic) bond motifs is 1. The molecule has 2 aliphatic rings. The van der Waals surface area contributed by atoms with Gasteiger partial charge in [0.1, 0.15) is 0 Å². The quantitative estimate of drug-likeness (QED) is 0.780. The van der Waals surface area contributed by atoms with Crippen molar-refractivity contribution in [1.82, 2.24) is 4.31 Å². The summed E-state index contributed by atoms with van der Waals surface area (Å²) in [6, 6.07) is 15.9. The van der Waals surface area contributed by atoms with Crippen LogP contribution in [0.15, 0.2) is 48.5 Å². The third-order valence-electron chi connectivity index (χ3n) is 5.12. The maximum absolute atomic E-state index is 12.7. The second-order valence-corrected chi connectivity index (χ2v) is 8.95. The lowest BCUT2D eigenvalue weighted by atomic mass is 9.98. The third-order valence-corrected chi connectivity index (χ3v) is 7.05. The van der Waals surface area contributed by atoms with Gasteiger partial charge in [0.2, 0.25) is 16.8 Å². The second-order valence-electron chi connectivity index (χ2n) is 6.86. The van der Waals surface area contributed by atoms with Gasteiger partial charge in [-0.05, 0) is 48.4 Å². The fourth-order valence-electron chi connectivity index (χ4n) is 3.65. The summed E-state index contributed by atoms with van der Waals surface area (Å²) in [5.41, 5.74) is 2.30. The van der Waals surface area contributed by atoms with Crippen LogP contribution in [0.1, 0.15) is 29.9 Å². The van der Waals surface area contributed by atoms with Crippen molar-refractivity contribution < 1.29 is 17.9 Å². The van der Waals surface area contributed by atoms with Crippen LogP contribution in [-0.2, 0) is 16.4 Å². The molecule has 0 radical (unpaired) electrons. The minimum atomic E-state index is -3.21. The van der Waals surface area contributed by atoms with E-state index in [1.807, 2.05) is 48.5 Å². The van der Waals surface area contributed by atoms with Gasteiger partial charge >= 0.3 is 0 Å². The summed E-state index contributed by atoms with van der Waals surface area (Å²) in [5, 5.41) is 0. The van der Waals surface area contributed by atoms with Gasteiger partial charge in [-0.15, -0.1) is 0 Å². The highest BCUT2D eigenvalue weighted by molar-refractivity contribution is 7.89. The summed E-state index contributed by atoms with van der Waals surface area (Å²) >= 11 is 0. The smallest absolute Gasteiger partial charge is 0.231 e. The molecule has 2 aliphatic heterocycles. The largest absolute Gasteiger partial charge is 0.454 e. The highest BCUT2D eigenvalue weighted by Gasteiger charge is 2.32. The molecule has 138 valence electrons. The van der Waals surface area contributed by atoms with E-state index >= 15 is 0 Å². The van der Waals surface area contributed by atoms with Gasteiger partial charge in [-0.2, -0.15) is 0 Å². The van der Waals surface area contributed by atoms with E-state index in [9.17, 15) is 8.42 Å². The van der Waals surface area contributed by atoms with Crippen LogP contribution in [0.5, 0.6) is 11.5 Å². The van der Waals surface area contributed by atoms with Crippen molar-refractivity contribution in [3.05, 3.63) is 59.7 Å². The summed E-state index contributed by atoms with van der Waals surface area (Å²) in [7, 11) is -3.21. The Balaban J connectivity index is 1.35. The van der Waals surface area contributed by atoms with Crippen LogP contribution in [-0.4, -0.2) is 38.4 Å². The SMILES string of the molecule is O=S(=O)(CCCc1ccccc1)N1CCC(c2ccc3c(c2)OCO3)C1. The molecule has 2 heterocycles. The number of benzene rings is 2. The lowest BCUT2D eigenvalue weighted by Gasteiger charge is -2.17. The number of ether oxygens (including phenoxy) is 2. The molecular formula is C20H23NO4S. The Bertz CT molecular complexity index is 867. The van der Waals surface area contributed by atoms with Gasteiger partial charge in [-0.3, -0.25) is 0 Å². The molecule has 0 amide bonds. The van der Waals surface area contributed by atoms with Crippen LogP contribution < -0.4 is 9.47 Å². The molecule has 0 aromatic heterocycles. The summed E-state index contributed by atoms with van der Waals surface area (Å²) in [5.74, 6) is 1.94. The highest BCUT2D eigenvalue weighted by atomic mass is 32.2. The number of aryl methyl sites for hydroxylation is 1. The van der Waals surface area contributed by atoms with Crippen molar-refractivity contribution in [2.75, 3.05) is 25.6 Å². The first-order valence-corrected chi connectivity index (χ1v) is 10.6. The Morgan fingerprint density at radius 1 is 1.04 bits per heavy atom. The van der Waals surface area contributed by atoms with Crippen LogP contribution in [0.25, 0.3) is 0 Å². The van der Waals surface area contributed by atoms with Gasteiger partial charge in [0.15, 0.2) is 11.5 Å². The zero-order valence-corrected chi connectivity index (χ0v) is 15.5. The minimum Gasteiger partial charge on any atom is -0.454 e. The number of hydrogen-bond donors (Lipinski definition) is 0. The Hall–Kier alpha value is -2.05. The normalized spacial score (nSPS) is 19.8. The topological polar surface area (TPSA) is 55.8 Å². The second kappa shape index (κ2) is 7.29. The van der Waals surface area contributed by atoms with Crippen molar-refractivity contribution >= 4 is 10.0 Å². The van der Waals surface area contributed by atoms with Crippen LogP contribution in [0.3, 0.4) is 0 Å². The molecule has 4 rings (SSSR count). The third kappa shape index (κ3) is 3.71. The number of hydrogen-bond acceptors (Lipinski definition) is 4. The lowest BCUT2D eigenvalue weighted by Crippen LogP contribution is -2.31. The Kier molecular flexibility index (Phi) is 4.87. The van der Waals surface area contributed by atoms with Gasteiger partial charge in [-0.25, -0.2) is 12.7 Å². The molecule has 1 saturated heterocycles. The van der Waals surface area contributed by atoms with Crippen molar-refractivity contribution in [3.8, 4) is 11.5 Å². The van der Waals surface area contributed by atoms with E-state index < -0.39 is 10.0 Å². The van der Waals surface area contributed by atoms with E-state index in [1.165, 1.54) is 5.56 Å². The molecular weight excluding hydrogens is 350 g/mol. The van der Waals surface area contributed by atoms with Gasteiger partial charge < -0.3 is 9.47 Å². The number of sulfonamides is 1. The van der Waals surface area contributed by atoms with E-state index in [1.54, 1.807) is 4.31 Å². The molecule has 0 saturated carbocycles. The molecule has 0 aliphatic carbocycles. The van der Waals surface area contributed by atoms with Gasteiger partial charge in [0.25, 0.3) is 0 Å². The maximum Gasteiger partial charge on any atom is 0.231 e. The highest BCUT2D eigenvalue weighted by Crippen LogP contribution is 2.37. The molecule has 26 heavy (non-hydrogen) atoms. The minimum absolute atomic E-state index is 0.204. The first kappa shape index (κ1) is 17.4. The summed E-state index contributed by atoms with van der Waals surface area (Å²) in [6.07, 6.45) is 2.29. The fourth-order valence-corrected chi connectivity index (χ4v) is 5.21. The van der Waals surface area contributed by atoms with E-state index in [2.05, 4.69) is 0 Å². The van der Waals surface area contributed by atoms with E-state index in [0.717, 1.165) is 29.9 Å². The molecule has 0 spiro atoms. The molecule has 0 N–H and O–H groups in total. The van der Waals surface area contributed by atoms with Gasteiger partial charge in [-0.1, -0.05) is 36.4 Å². The molecule has 2 aromatic carbocycles. The number of rotatable bonds is 6. The van der Waals surface area contributed by atoms with E-state index in [4.69, 9.17) is 9.47 Å². The average molecular weight is 373 g/mol.